The molecule has 1 aromatic carbocycles. The lowest BCUT2D eigenvalue weighted by molar-refractivity contribution is 0.305. The number of benzene rings is 1. The maximum absolute atomic E-state index is 8.49. The fourth-order valence-electron chi connectivity index (χ4n) is 0.825. The zero-order chi connectivity index (χ0) is 9.68. The second-order valence-corrected chi connectivity index (χ2v) is 2.92. The fourth-order valence-corrected chi connectivity index (χ4v) is 1.01. The molecular formula is C10H10ClNO. The van der Waals surface area contributed by atoms with Gasteiger partial charge in [0.15, 0.2) is 0 Å². The van der Waals surface area contributed by atoms with E-state index in [1.165, 1.54) is 0 Å². The van der Waals surface area contributed by atoms with E-state index in [1.807, 2.05) is 0 Å². The molecule has 3 N–H and O–H groups in total. The van der Waals surface area contributed by atoms with Crippen LogP contribution in [0.4, 0.5) is 5.69 Å². The molecule has 0 fully saturated rings. The summed E-state index contributed by atoms with van der Waals surface area (Å²) in [5, 5.41) is 9.00. The lowest BCUT2D eigenvalue weighted by atomic mass is 10.2. The fraction of sp³-hybridized carbons (Fsp3) is 0.200. The first-order chi connectivity index (χ1) is 6.24. The van der Waals surface area contributed by atoms with Crippen LogP contribution in [0.25, 0.3) is 0 Å². The van der Waals surface area contributed by atoms with Crippen LogP contribution in [0.3, 0.4) is 0 Å². The Labute approximate surface area is 82.3 Å². The summed E-state index contributed by atoms with van der Waals surface area (Å²) in [6.45, 7) is 0.0791. The molecule has 0 aliphatic rings. The Kier molecular flexibility index (Phi) is 3.63. The summed E-state index contributed by atoms with van der Waals surface area (Å²) in [4.78, 5) is 0. The van der Waals surface area contributed by atoms with E-state index >= 15 is 0 Å². The van der Waals surface area contributed by atoms with Crippen LogP contribution < -0.4 is 5.73 Å². The third-order valence-electron chi connectivity index (χ3n) is 1.47. The average molecular weight is 196 g/mol. The van der Waals surface area contributed by atoms with Crippen molar-refractivity contribution in [1.29, 1.82) is 0 Å². The van der Waals surface area contributed by atoms with Gasteiger partial charge in [0.2, 0.25) is 0 Å². The molecular weight excluding hydrogens is 186 g/mol. The Balaban J connectivity index is 2.81. The number of hydrogen-bond donors (Lipinski definition) is 2. The minimum Gasteiger partial charge on any atom is -0.398 e. The van der Waals surface area contributed by atoms with Crippen LogP contribution in [0.15, 0.2) is 18.2 Å². The molecule has 3 heteroatoms. The summed E-state index contributed by atoms with van der Waals surface area (Å²) in [5.41, 5.74) is 6.89. The molecule has 0 aromatic heterocycles. The highest BCUT2D eigenvalue weighted by atomic mass is 35.5. The Bertz CT molecular complexity index is 352. The molecule has 2 nitrogen and oxygen atoms in total. The molecule has 0 unspecified atom stereocenters. The van der Waals surface area contributed by atoms with E-state index < -0.39 is 0 Å². The summed E-state index contributed by atoms with van der Waals surface area (Å²) in [6, 6.07) is 5.22. The number of nitrogen functional groups attached to an aromatic ring is 1. The van der Waals surface area contributed by atoms with Crippen molar-refractivity contribution in [3.63, 3.8) is 0 Å². The molecule has 0 radical (unpaired) electrons. The van der Waals surface area contributed by atoms with Gasteiger partial charge < -0.3 is 10.8 Å². The van der Waals surface area contributed by atoms with Gasteiger partial charge in [-0.25, -0.2) is 0 Å². The molecule has 68 valence electrons. The van der Waals surface area contributed by atoms with Crippen molar-refractivity contribution in [2.75, 3.05) is 12.3 Å². The summed E-state index contributed by atoms with van der Waals surface area (Å²) in [7, 11) is 0. The predicted octanol–water partition coefficient (Wildman–Crippen LogP) is 1.66. The maximum Gasteiger partial charge on any atom is 0.0647 e. The molecule has 0 atom stereocenters. The molecule has 0 heterocycles. The minimum absolute atomic E-state index is 0.0791. The van der Waals surface area contributed by atoms with Crippen LogP contribution in [-0.4, -0.2) is 11.7 Å². The van der Waals surface area contributed by atoms with Gasteiger partial charge in [0.05, 0.1) is 17.3 Å². The Morgan fingerprint density at radius 1 is 1.46 bits per heavy atom. The Morgan fingerprint density at radius 2 is 2.23 bits per heavy atom. The van der Waals surface area contributed by atoms with Crippen molar-refractivity contribution < 1.29 is 5.11 Å². The highest BCUT2D eigenvalue weighted by Gasteiger charge is 1.94. The minimum atomic E-state index is 0.0791. The molecule has 0 aliphatic carbocycles. The summed E-state index contributed by atoms with van der Waals surface area (Å²) < 4.78 is 0. The average Bonchev–Trinajstić information content (AvgIpc) is 2.12. The smallest absolute Gasteiger partial charge is 0.0647 e. The van der Waals surface area contributed by atoms with Gasteiger partial charge in [-0.2, -0.15) is 0 Å². The van der Waals surface area contributed by atoms with Crippen LogP contribution in [0.1, 0.15) is 12.0 Å². The first-order valence-corrected chi connectivity index (χ1v) is 4.26. The number of rotatable bonds is 1. The van der Waals surface area contributed by atoms with E-state index in [1.54, 1.807) is 18.2 Å². The van der Waals surface area contributed by atoms with Crippen molar-refractivity contribution in [2.45, 2.75) is 6.42 Å². The molecule has 1 rings (SSSR count). The number of halogens is 1. The second kappa shape index (κ2) is 4.76. The van der Waals surface area contributed by atoms with E-state index in [4.69, 9.17) is 22.4 Å². The van der Waals surface area contributed by atoms with Crippen molar-refractivity contribution in [1.82, 2.24) is 0 Å². The molecule has 1 aromatic rings. The largest absolute Gasteiger partial charge is 0.398 e. The molecule has 0 bridgehead atoms. The molecule has 0 amide bonds. The normalized spacial score (nSPS) is 9.08. The monoisotopic (exact) mass is 195 g/mol. The summed E-state index contributed by atoms with van der Waals surface area (Å²) in [5.74, 6) is 5.66. The number of nitrogens with two attached hydrogens (primary N) is 1. The van der Waals surface area contributed by atoms with Gasteiger partial charge in [-0.1, -0.05) is 23.4 Å². The Hall–Kier alpha value is -1.17. The number of hydrogen-bond acceptors (Lipinski definition) is 2. The predicted molar refractivity (Wildman–Crippen MR) is 54.4 cm³/mol. The van der Waals surface area contributed by atoms with E-state index in [0.717, 1.165) is 5.56 Å². The van der Waals surface area contributed by atoms with E-state index in [2.05, 4.69) is 11.8 Å². The first kappa shape index (κ1) is 9.91. The third-order valence-corrected chi connectivity index (χ3v) is 1.80. The molecule has 13 heavy (non-hydrogen) atoms. The lowest BCUT2D eigenvalue weighted by Crippen LogP contribution is -1.86. The third kappa shape index (κ3) is 2.98. The van der Waals surface area contributed by atoms with Crippen molar-refractivity contribution in [3.8, 4) is 11.8 Å². The van der Waals surface area contributed by atoms with E-state index in [0.29, 0.717) is 17.1 Å². The molecule has 0 saturated carbocycles. The summed E-state index contributed by atoms with van der Waals surface area (Å²) >= 11 is 5.78. The van der Waals surface area contributed by atoms with Gasteiger partial charge in [-0.05, 0) is 18.2 Å². The van der Waals surface area contributed by atoms with E-state index in [9.17, 15) is 0 Å². The van der Waals surface area contributed by atoms with Gasteiger partial charge in [0.1, 0.15) is 0 Å². The second-order valence-electron chi connectivity index (χ2n) is 2.51. The highest BCUT2D eigenvalue weighted by molar-refractivity contribution is 6.33. The van der Waals surface area contributed by atoms with Crippen LogP contribution in [-0.2, 0) is 0 Å². The number of aliphatic hydroxyl groups excluding tert-OH is 1. The number of anilines is 1. The van der Waals surface area contributed by atoms with Crippen LogP contribution in [0.2, 0.25) is 5.02 Å². The van der Waals surface area contributed by atoms with Gasteiger partial charge in [-0.15, -0.1) is 0 Å². The SMILES string of the molecule is Nc1ccc(C#CCCO)cc1Cl. The topological polar surface area (TPSA) is 46.2 Å². The molecule has 0 aliphatic heterocycles. The summed E-state index contributed by atoms with van der Waals surface area (Å²) in [6.07, 6.45) is 0.474. The van der Waals surface area contributed by atoms with Crippen LogP contribution in [0, 0.1) is 11.8 Å². The molecule has 0 spiro atoms. The van der Waals surface area contributed by atoms with Crippen LogP contribution in [0.5, 0.6) is 0 Å². The highest BCUT2D eigenvalue weighted by Crippen LogP contribution is 2.18. The Morgan fingerprint density at radius 3 is 2.85 bits per heavy atom. The van der Waals surface area contributed by atoms with Gasteiger partial charge in [0, 0.05) is 12.0 Å². The first-order valence-electron chi connectivity index (χ1n) is 3.89. The standard InChI is InChI=1S/C10H10ClNO/c11-9-7-8(3-1-2-6-13)4-5-10(9)12/h4-5,7,13H,2,6,12H2. The van der Waals surface area contributed by atoms with E-state index in [-0.39, 0.29) is 6.61 Å². The van der Waals surface area contributed by atoms with Gasteiger partial charge in [-0.3, -0.25) is 0 Å². The van der Waals surface area contributed by atoms with Gasteiger partial charge >= 0.3 is 0 Å². The van der Waals surface area contributed by atoms with Crippen molar-refractivity contribution >= 4 is 17.3 Å². The van der Waals surface area contributed by atoms with Crippen molar-refractivity contribution in [2.24, 2.45) is 0 Å². The van der Waals surface area contributed by atoms with Crippen LogP contribution >= 0.6 is 11.6 Å². The maximum atomic E-state index is 8.49. The zero-order valence-electron chi connectivity index (χ0n) is 7.05. The quantitative estimate of drug-likeness (QED) is 0.529. The lowest BCUT2D eigenvalue weighted by Gasteiger charge is -1.96. The van der Waals surface area contributed by atoms with Gasteiger partial charge in [0.25, 0.3) is 0 Å². The molecule has 0 saturated heterocycles. The zero-order valence-corrected chi connectivity index (χ0v) is 7.80. The number of aliphatic hydroxyl groups is 1. The van der Waals surface area contributed by atoms with Crippen molar-refractivity contribution in [3.05, 3.63) is 28.8 Å².